The first-order chi connectivity index (χ1) is 19.0. The van der Waals surface area contributed by atoms with Crippen LogP contribution in [0.25, 0.3) is 0 Å². The van der Waals surface area contributed by atoms with Gasteiger partial charge in [0.05, 0.1) is 25.7 Å². The van der Waals surface area contributed by atoms with E-state index in [0.717, 1.165) is 29.7 Å². The number of methoxy groups -OCH3 is 2. The smallest absolute Gasteiger partial charge is 0.254 e. The average molecular weight is 528 g/mol. The van der Waals surface area contributed by atoms with Crippen molar-refractivity contribution in [2.75, 3.05) is 27.4 Å². The fourth-order valence-electron chi connectivity index (χ4n) is 4.98. The molecule has 0 aromatic heterocycles. The number of para-hydroxylation sites is 1. The zero-order valence-corrected chi connectivity index (χ0v) is 22.6. The number of terminal acetylenes is 1. The van der Waals surface area contributed by atoms with Crippen LogP contribution < -0.4 is 15.8 Å². The predicted octanol–water partition coefficient (Wildman–Crippen LogP) is 4.32. The van der Waals surface area contributed by atoms with Crippen molar-refractivity contribution >= 4 is 11.8 Å². The van der Waals surface area contributed by atoms with Crippen LogP contribution in [-0.4, -0.2) is 50.1 Å². The van der Waals surface area contributed by atoms with Gasteiger partial charge < -0.3 is 25.4 Å². The number of carbonyl (C=O) groups excluding carboxylic acids is 2. The van der Waals surface area contributed by atoms with Crippen molar-refractivity contribution in [2.24, 2.45) is 5.73 Å². The first-order valence-electron chi connectivity index (χ1n) is 13.0. The molecule has 204 valence electrons. The Morgan fingerprint density at radius 3 is 2.64 bits per heavy atom. The van der Waals surface area contributed by atoms with E-state index in [2.05, 4.69) is 47.9 Å². The average Bonchev–Trinajstić information content (AvgIpc) is 2.93. The van der Waals surface area contributed by atoms with Crippen LogP contribution in [0.3, 0.4) is 0 Å². The third kappa shape index (κ3) is 7.62. The Morgan fingerprint density at radius 2 is 1.87 bits per heavy atom. The van der Waals surface area contributed by atoms with Crippen molar-refractivity contribution in [3.8, 4) is 18.2 Å². The minimum Gasteiger partial charge on any atom is -0.496 e. The summed E-state index contributed by atoms with van der Waals surface area (Å²) in [7, 11) is 3.25. The van der Waals surface area contributed by atoms with Gasteiger partial charge in [-0.1, -0.05) is 78.8 Å². The number of fused-ring (bicyclic) bond motifs is 1. The standard InChI is InChI=1S/C30H34N2O4.C2H3N/c1-35-19-18-32-26(20-22-12-6-4-3-5-7-13-22)28(24-15-9-10-16-25(24)30(32)34)29(33)31-21-23-14-8-11-17-27(23)36-2;1-2-3/h4-12,14-17,26,28H,3,13,18-21H2,1-2H3,(H,31,33);1H,3H2/b6-4?,7-5-,22-12+;. The maximum atomic E-state index is 13.9. The van der Waals surface area contributed by atoms with E-state index in [-0.39, 0.29) is 17.9 Å². The van der Waals surface area contributed by atoms with Gasteiger partial charge in [0.2, 0.25) is 5.91 Å². The number of nitrogens with two attached hydrogens (primary N) is 1. The summed E-state index contributed by atoms with van der Waals surface area (Å²) >= 11 is 0. The zero-order valence-electron chi connectivity index (χ0n) is 22.6. The molecule has 1 aliphatic carbocycles. The summed E-state index contributed by atoms with van der Waals surface area (Å²) in [6, 6.07) is 16.6. The molecule has 3 N–H and O–H groups in total. The molecular formula is C32H37N3O4. The highest BCUT2D eigenvalue weighted by Crippen LogP contribution is 2.37. The van der Waals surface area contributed by atoms with Crippen LogP contribution in [0.1, 0.15) is 46.7 Å². The summed E-state index contributed by atoms with van der Waals surface area (Å²) in [4.78, 5) is 29.3. The lowest BCUT2D eigenvalue weighted by Crippen LogP contribution is -2.53. The van der Waals surface area contributed by atoms with Gasteiger partial charge in [0.15, 0.2) is 0 Å². The molecule has 7 heteroatoms. The SMILES string of the molecule is C#CN.COCCN1C(=O)c2ccccc2C(C(=O)NCc2ccccc2OC)C1C/C1=C/C=CC/C=C\C1. The molecule has 4 rings (SSSR count). The normalized spacial score (nSPS) is 20.1. The maximum Gasteiger partial charge on any atom is 0.254 e. The number of benzene rings is 2. The topological polar surface area (TPSA) is 93.9 Å². The van der Waals surface area contributed by atoms with Crippen LogP contribution in [0, 0.1) is 12.5 Å². The minimum absolute atomic E-state index is 0.0565. The van der Waals surface area contributed by atoms with E-state index in [1.165, 1.54) is 5.57 Å². The Labute approximate surface area is 231 Å². The Kier molecular flexibility index (Phi) is 11.4. The number of hydrogen-bond donors (Lipinski definition) is 2. The van der Waals surface area contributed by atoms with Crippen LogP contribution in [0.5, 0.6) is 5.75 Å². The maximum absolute atomic E-state index is 13.9. The molecule has 2 amide bonds. The summed E-state index contributed by atoms with van der Waals surface area (Å²) < 4.78 is 10.8. The van der Waals surface area contributed by atoms with Gasteiger partial charge in [-0.05, 0) is 43.0 Å². The number of rotatable bonds is 9. The Balaban J connectivity index is 0.00000134. The molecule has 0 fully saturated rings. The molecule has 39 heavy (non-hydrogen) atoms. The van der Waals surface area contributed by atoms with E-state index in [0.29, 0.717) is 31.7 Å². The molecule has 0 saturated heterocycles. The van der Waals surface area contributed by atoms with Gasteiger partial charge in [0, 0.05) is 31.3 Å². The van der Waals surface area contributed by atoms with Crippen molar-refractivity contribution in [1.82, 2.24) is 10.2 Å². The Bertz CT molecular complexity index is 1260. The molecule has 2 aliphatic rings. The van der Waals surface area contributed by atoms with Gasteiger partial charge in [0.1, 0.15) is 5.75 Å². The van der Waals surface area contributed by atoms with E-state index >= 15 is 0 Å². The largest absolute Gasteiger partial charge is 0.496 e. The van der Waals surface area contributed by atoms with Crippen molar-refractivity contribution in [1.29, 1.82) is 0 Å². The summed E-state index contributed by atoms with van der Waals surface area (Å²) in [6.45, 7) is 1.16. The predicted molar refractivity (Wildman–Crippen MR) is 154 cm³/mol. The molecule has 0 radical (unpaired) electrons. The Hall–Kier alpha value is -4.28. The van der Waals surface area contributed by atoms with E-state index in [1.807, 2.05) is 53.4 Å². The van der Waals surface area contributed by atoms with Crippen LogP contribution in [-0.2, 0) is 16.1 Å². The van der Waals surface area contributed by atoms with Crippen LogP contribution in [0.15, 0.2) is 84.5 Å². The molecule has 0 saturated carbocycles. The first kappa shape index (κ1) is 29.3. The number of nitrogens with zero attached hydrogens (tertiary/aromatic N) is 1. The lowest BCUT2D eigenvalue weighted by Gasteiger charge is -2.42. The van der Waals surface area contributed by atoms with Crippen molar-refractivity contribution in [2.45, 2.75) is 37.8 Å². The third-order valence-corrected chi connectivity index (χ3v) is 6.79. The molecule has 2 atom stereocenters. The third-order valence-electron chi connectivity index (χ3n) is 6.79. The van der Waals surface area contributed by atoms with Crippen LogP contribution >= 0.6 is 0 Å². The monoisotopic (exact) mass is 527 g/mol. The van der Waals surface area contributed by atoms with Crippen LogP contribution in [0.4, 0.5) is 0 Å². The highest BCUT2D eigenvalue weighted by atomic mass is 16.5. The summed E-state index contributed by atoms with van der Waals surface area (Å²) in [5.74, 6) is 0.0584. The van der Waals surface area contributed by atoms with E-state index in [1.54, 1.807) is 20.3 Å². The molecule has 1 heterocycles. The first-order valence-corrected chi connectivity index (χ1v) is 13.0. The second kappa shape index (κ2) is 15.2. The number of hydrogen-bond acceptors (Lipinski definition) is 5. The van der Waals surface area contributed by atoms with E-state index < -0.39 is 5.92 Å². The number of nitrogens with one attached hydrogen (secondary N) is 1. The number of ether oxygens (including phenoxy) is 2. The summed E-state index contributed by atoms with van der Waals surface area (Å²) in [6.07, 6.45) is 17.3. The molecule has 7 nitrogen and oxygen atoms in total. The fourth-order valence-corrected chi connectivity index (χ4v) is 4.98. The summed E-state index contributed by atoms with van der Waals surface area (Å²) in [5.41, 5.74) is 7.81. The zero-order chi connectivity index (χ0) is 28.0. The van der Waals surface area contributed by atoms with Gasteiger partial charge in [-0.3, -0.25) is 9.59 Å². The van der Waals surface area contributed by atoms with Gasteiger partial charge in [-0.2, -0.15) is 0 Å². The second-order valence-electron chi connectivity index (χ2n) is 9.19. The molecule has 0 bridgehead atoms. The number of amides is 2. The quantitative estimate of drug-likeness (QED) is 0.288. The molecule has 2 aromatic rings. The van der Waals surface area contributed by atoms with Crippen molar-refractivity contribution in [3.05, 3.63) is 101 Å². The lowest BCUT2D eigenvalue weighted by molar-refractivity contribution is -0.124. The molecule has 2 aromatic carbocycles. The second-order valence-corrected chi connectivity index (χ2v) is 9.19. The highest BCUT2D eigenvalue weighted by molar-refractivity contribution is 6.01. The number of allylic oxidation sites excluding steroid dienone is 5. The van der Waals surface area contributed by atoms with Gasteiger partial charge >= 0.3 is 0 Å². The van der Waals surface area contributed by atoms with Crippen molar-refractivity contribution < 1.29 is 19.1 Å². The van der Waals surface area contributed by atoms with Gasteiger partial charge in [-0.25, -0.2) is 0 Å². The fraction of sp³-hybridized carbons (Fsp3) is 0.312. The Morgan fingerprint density at radius 1 is 1.13 bits per heavy atom. The summed E-state index contributed by atoms with van der Waals surface area (Å²) in [5, 5.41) is 3.13. The van der Waals surface area contributed by atoms with E-state index in [9.17, 15) is 9.59 Å². The van der Waals surface area contributed by atoms with Crippen LogP contribution in [0.2, 0.25) is 0 Å². The molecule has 1 aliphatic heterocycles. The highest BCUT2D eigenvalue weighted by Gasteiger charge is 2.43. The molecule has 0 spiro atoms. The molecular weight excluding hydrogens is 490 g/mol. The van der Waals surface area contributed by atoms with E-state index in [4.69, 9.17) is 9.47 Å². The van der Waals surface area contributed by atoms with Gasteiger partial charge in [-0.15, -0.1) is 0 Å². The number of carbonyl (C=O) groups is 2. The minimum atomic E-state index is -0.509. The lowest BCUT2D eigenvalue weighted by atomic mass is 9.79. The van der Waals surface area contributed by atoms with Crippen molar-refractivity contribution in [3.63, 3.8) is 0 Å². The van der Waals surface area contributed by atoms with Gasteiger partial charge in [0.25, 0.3) is 5.91 Å². The molecule has 2 unspecified atom stereocenters.